The number of rotatable bonds is 10. The van der Waals surface area contributed by atoms with E-state index >= 15 is 0 Å². The van der Waals surface area contributed by atoms with Gasteiger partial charge in [0, 0.05) is 0 Å². The lowest BCUT2D eigenvalue weighted by Gasteiger charge is -2.37. The molecule has 0 aromatic heterocycles. The Labute approximate surface area is 220 Å². The highest BCUT2D eigenvalue weighted by Crippen LogP contribution is 2.43. The monoisotopic (exact) mass is 480 g/mol. The molecular formula is C35H60. The molecule has 0 heterocycles. The molecule has 0 heteroatoms. The predicted molar refractivity (Wildman–Crippen MR) is 155 cm³/mol. The molecule has 4 aliphatic carbocycles. The minimum atomic E-state index is 0.977. The molecule has 0 bridgehead atoms. The molecule has 0 aromatic carbocycles. The van der Waals surface area contributed by atoms with E-state index in [4.69, 9.17) is 0 Å². The molecule has 0 aliphatic heterocycles. The van der Waals surface area contributed by atoms with E-state index in [1.54, 1.807) is 83.5 Å². The summed E-state index contributed by atoms with van der Waals surface area (Å²) in [6.07, 6.45) is 41.1. The molecule has 4 saturated carbocycles. The quantitative estimate of drug-likeness (QED) is 0.273. The maximum absolute atomic E-state index is 2.47. The first kappa shape index (κ1) is 27.5. The van der Waals surface area contributed by atoms with Crippen molar-refractivity contribution in [2.45, 2.75) is 149 Å². The summed E-state index contributed by atoms with van der Waals surface area (Å²) in [6.45, 7) is 4.58. The average Bonchev–Trinajstić information content (AvgIpc) is 2.89. The summed E-state index contributed by atoms with van der Waals surface area (Å²) in [4.78, 5) is 0. The normalized spacial score (nSPS) is 39.4. The lowest BCUT2D eigenvalue weighted by atomic mass is 9.69. The second-order valence-electron chi connectivity index (χ2n) is 14.0. The third kappa shape index (κ3) is 9.70. The predicted octanol–water partition coefficient (Wildman–Crippen LogP) is 11.3. The van der Waals surface area contributed by atoms with Gasteiger partial charge in [0.2, 0.25) is 0 Å². The molecule has 35 heavy (non-hydrogen) atoms. The van der Waals surface area contributed by atoms with Gasteiger partial charge in [-0.15, -0.1) is 0 Å². The van der Waals surface area contributed by atoms with Crippen molar-refractivity contribution in [2.75, 3.05) is 0 Å². The van der Waals surface area contributed by atoms with Crippen molar-refractivity contribution in [3.05, 3.63) is 24.3 Å². The van der Waals surface area contributed by atoms with Gasteiger partial charge in [-0.05, 0) is 99.2 Å². The maximum Gasteiger partial charge on any atom is -0.0169 e. The van der Waals surface area contributed by atoms with Gasteiger partial charge in [0.25, 0.3) is 0 Å². The van der Waals surface area contributed by atoms with Crippen LogP contribution in [0.4, 0.5) is 0 Å². The standard InChI is InChI=1S/C35H60/c1-3-4-5-6-7-8-29-13-15-31(16-14-29)26-33-21-23-35(24-22-33)27-34-19-17-32(18-20-34)25-30-11-9-28(2)10-12-30/h3-4,6-7,28-35H,5,8-27H2,1-2H3/b4-3+,7-6+. The summed E-state index contributed by atoms with van der Waals surface area (Å²) in [5, 5.41) is 0. The first-order valence-corrected chi connectivity index (χ1v) is 16.4. The zero-order valence-electron chi connectivity index (χ0n) is 23.8. The maximum atomic E-state index is 2.47. The molecule has 0 spiro atoms. The van der Waals surface area contributed by atoms with Crippen molar-refractivity contribution in [3.8, 4) is 0 Å². The minimum Gasteiger partial charge on any atom is -0.0914 e. The fourth-order valence-electron chi connectivity index (χ4n) is 8.69. The van der Waals surface area contributed by atoms with E-state index in [1.807, 2.05) is 0 Å². The van der Waals surface area contributed by atoms with E-state index in [9.17, 15) is 0 Å². The van der Waals surface area contributed by atoms with Gasteiger partial charge in [-0.25, -0.2) is 0 Å². The lowest BCUT2D eigenvalue weighted by Crippen LogP contribution is -2.24. The van der Waals surface area contributed by atoms with Crippen LogP contribution in [-0.2, 0) is 0 Å². The zero-order chi connectivity index (χ0) is 24.3. The molecule has 0 atom stereocenters. The third-order valence-electron chi connectivity index (χ3n) is 11.2. The first-order chi connectivity index (χ1) is 17.2. The molecule has 4 rings (SSSR count). The van der Waals surface area contributed by atoms with Crippen molar-refractivity contribution >= 4 is 0 Å². The van der Waals surface area contributed by atoms with Gasteiger partial charge < -0.3 is 0 Å². The summed E-state index contributed by atoms with van der Waals surface area (Å²) < 4.78 is 0. The van der Waals surface area contributed by atoms with Crippen molar-refractivity contribution in [3.63, 3.8) is 0 Å². The van der Waals surface area contributed by atoms with Gasteiger partial charge in [0.1, 0.15) is 0 Å². The van der Waals surface area contributed by atoms with E-state index < -0.39 is 0 Å². The van der Waals surface area contributed by atoms with Gasteiger partial charge in [-0.1, -0.05) is 121 Å². The molecule has 0 unspecified atom stereocenters. The number of hydrogen-bond acceptors (Lipinski definition) is 0. The first-order valence-electron chi connectivity index (χ1n) is 16.4. The Balaban J connectivity index is 1.04. The zero-order valence-corrected chi connectivity index (χ0v) is 23.8. The molecule has 4 fully saturated rings. The third-order valence-corrected chi connectivity index (χ3v) is 11.2. The van der Waals surface area contributed by atoms with E-state index in [2.05, 4.69) is 38.2 Å². The summed E-state index contributed by atoms with van der Waals surface area (Å²) in [7, 11) is 0. The fraction of sp³-hybridized carbons (Fsp3) is 0.886. The highest BCUT2D eigenvalue weighted by atomic mass is 14.4. The number of allylic oxidation sites excluding steroid dienone is 4. The summed E-state index contributed by atoms with van der Waals surface area (Å²) in [6, 6.07) is 0. The highest BCUT2D eigenvalue weighted by molar-refractivity contribution is 4.93. The smallest absolute Gasteiger partial charge is 0.0169 e. The molecule has 200 valence electrons. The van der Waals surface area contributed by atoms with Gasteiger partial charge in [-0.2, -0.15) is 0 Å². The van der Waals surface area contributed by atoms with Gasteiger partial charge in [0.05, 0.1) is 0 Å². The highest BCUT2D eigenvalue weighted by Gasteiger charge is 2.30. The van der Waals surface area contributed by atoms with Gasteiger partial charge in [0.15, 0.2) is 0 Å². The van der Waals surface area contributed by atoms with E-state index in [1.165, 1.54) is 44.9 Å². The van der Waals surface area contributed by atoms with Crippen molar-refractivity contribution in [1.82, 2.24) is 0 Å². The largest absolute Gasteiger partial charge is 0.0914 e. The van der Waals surface area contributed by atoms with Crippen LogP contribution in [0.5, 0.6) is 0 Å². The molecule has 4 aliphatic rings. The molecule has 0 saturated heterocycles. The van der Waals surface area contributed by atoms with Gasteiger partial charge >= 0.3 is 0 Å². The van der Waals surface area contributed by atoms with Crippen LogP contribution in [-0.4, -0.2) is 0 Å². The molecular weight excluding hydrogens is 420 g/mol. The molecule has 0 aromatic rings. The minimum absolute atomic E-state index is 0.977. The fourth-order valence-corrected chi connectivity index (χ4v) is 8.69. The molecule has 0 nitrogen and oxygen atoms in total. The van der Waals surface area contributed by atoms with Crippen LogP contribution in [0.3, 0.4) is 0 Å². The average molecular weight is 481 g/mol. The van der Waals surface area contributed by atoms with Crippen LogP contribution < -0.4 is 0 Å². The van der Waals surface area contributed by atoms with Crippen molar-refractivity contribution in [1.29, 1.82) is 0 Å². The Morgan fingerprint density at radius 3 is 1.14 bits per heavy atom. The Morgan fingerprint density at radius 1 is 0.429 bits per heavy atom. The van der Waals surface area contributed by atoms with E-state index in [-0.39, 0.29) is 0 Å². The summed E-state index contributed by atoms with van der Waals surface area (Å²) in [5.74, 6) is 8.46. The Morgan fingerprint density at radius 2 is 0.771 bits per heavy atom. The summed E-state index contributed by atoms with van der Waals surface area (Å²) >= 11 is 0. The van der Waals surface area contributed by atoms with Gasteiger partial charge in [-0.3, -0.25) is 0 Å². The number of hydrogen-bond donors (Lipinski definition) is 0. The van der Waals surface area contributed by atoms with Crippen LogP contribution in [0.1, 0.15) is 149 Å². The summed E-state index contributed by atoms with van der Waals surface area (Å²) in [5.41, 5.74) is 0. The van der Waals surface area contributed by atoms with Crippen LogP contribution in [0.2, 0.25) is 0 Å². The van der Waals surface area contributed by atoms with Crippen LogP contribution in [0, 0.1) is 47.3 Å². The van der Waals surface area contributed by atoms with Crippen molar-refractivity contribution < 1.29 is 0 Å². The topological polar surface area (TPSA) is 0 Å². The SMILES string of the molecule is C/C=C/C/C=C/CC1CCC(CC2CCC(CC3CCC(CC4CCC(C)CC4)CC3)CC2)CC1. The van der Waals surface area contributed by atoms with Crippen LogP contribution >= 0.6 is 0 Å². The Kier molecular flexibility index (Phi) is 11.8. The second-order valence-corrected chi connectivity index (χ2v) is 14.0. The molecule has 0 radical (unpaired) electrons. The van der Waals surface area contributed by atoms with Crippen LogP contribution in [0.25, 0.3) is 0 Å². The van der Waals surface area contributed by atoms with Crippen LogP contribution in [0.15, 0.2) is 24.3 Å². The van der Waals surface area contributed by atoms with Crippen molar-refractivity contribution in [2.24, 2.45) is 47.3 Å². The van der Waals surface area contributed by atoms with E-state index in [0.717, 1.165) is 53.8 Å². The Hall–Kier alpha value is -0.520. The second kappa shape index (κ2) is 15.0. The lowest BCUT2D eigenvalue weighted by molar-refractivity contribution is 0.153. The molecule has 0 amide bonds. The Bertz CT molecular complexity index is 596. The van der Waals surface area contributed by atoms with E-state index in [0.29, 0.717) is 0 Å². The molecule has 0 N–H and O–H groups in total.